The first-order valence-corrected chi connectivity index (χ1v) is 13.0. The molecule has 1 amide bonds. The second-order valence-corrected chi connectivity index (χ2v) is 10.5. The van der Waals surface area contributed by atoms with E-state index in [0.717, 1.165) is 16.0 Å². The van der Waals surface area contributed by atoms with E-state index in [-0.39, 0.29) is 11.4 Å². The number of thiazole rings is 1. The Morgan fingerprint density at radius 3 is 2.56 bits per heavy atom. The Morgan fingerprint density at radius 2 is 1.91 bits per heavy atom. The van der Waals surface area contributed by atoms with E-state index in [1.54, 1.807) is 12.1 Å². The molecule has 0 aliphatic heterocycles. The van der Waals surface area contributed by atoms with Crippen LogP contribution in [0.5, 0.6) is 5.75 Å². The summed E-state index contributed by atoms with van der Waals surface area (Å²) in [6, 6.07) is 15.0. The second-order valence-electron chi connectivity index (χ2n) is 7.47. The van der Waals surface area contributed by atoms with Crippen LogP contribution in [0.15, 0.2) is 75.2 Å². The molecule has 0 spiro atoms. The Kier molecular flexibility index (Phi) is 7.01. The molecule has 0 bridgehead atoms. The van der Waals surface area contributed by atoms with Gasteiger partial charge in [0, 0.05) is 19.2 Å². The van der Waals surface area contributed by atoms with Gasteiger partial charge in [0.25, 0.3) is 5.91 Å². The van der Waals surface area contributed by atoms with Crippen molar-refractivity contribution in [1.29, 1.82) is 0 Å². The van der Waals surface area contributed by atoms with Gasteiger partial charge in [0.15, 0.2) is 4.80 Å². The van der Waals surface area contributed by atoms with Crippen LogP contribution in [-0.4, -0.2) is 36.9 Å². The van der Waals surface area contributed by atoms with Gasteiger partial charge >= 0.3 is 0 Å². The lowest BCUT2D eigenvalue weighted by Gasteiger charge is -2.16. The van der Waals surface area contributed by atoms with Crippen molar-refractivity contribution in [3.63, 3.8) is 0 Å². The van der Waals surface area contributed by atoms with Crippen molar-refractivity contribution in [2.75, 3.05) is 13.7 Å². The standard InChI is InChI=1S/C24H25N3O5S2/c1-4-27-21-13-10-18(31-5-2)15-22(21)33-24(27)25-23(28)17-8-11-20(12-9-17)34(29,30)26(3)16-19-7-6-14-32-19/h6-15H,4-5,16H2,1-3H3. The number of benzene rings is 2. The van der Waals surface area contributed by atoms with Gasteiger partial charge in [-0.15, -0.1) is 0 Å². The van der Waals surface area contributed by atoms with E-state index in [9.17, 15) is 13.2 Å². The van der Waals surface area contributed by atoms with Gasteiger partial charge in [-0.25, -0.2) is 8.42 Å². The lowest BCUT2D eigenvalue weighted by atomic mass is 10.2. The second kappa shape index (κ2) is 9.96. The minimum Gasteiger partial charge on any atom is -0.494 e. The van der Waals surface area contributed by atoms with Crippen LogP contribution in [0.1, 0.15) is 30.0 Å². The zero-order valence-corrected chi connectivity index (χ0v) is 20.7. The van der Waals surface area contributed by atoms with Crippen molar-refractivity contribution < 1.29 is 22.4 Å². The van der Waals surface area contributed by atoms with Crippen molar-refractivity contribution in [3.05, 3.63) is 77.0 Å². The molecule has 0 radical (unpaired) electrons. The van der Waals surface area contributed by atoms with E-state index in [2.05, 4.69) is 4.99 Å². The molecule has 2 aromatic heterocycles. The Labute approximate surface area is 201 Å². The summed E-state index contributed by atoms with van der Waals surface area (Å²) in [5.74, 6) is 0.871. The Balaban J connectivity index is 1.60. The van der Waals surface area contributed by atoms with E-state index >= 15 is 0 Å². The fourth-order valence-electron chi connectivity index (χ4n) is 3.51. The number of fused-ring (bicyclic) bond motifs is 1. The summed E-state index contributed by atoms with van der Waals surface area (Å²) in [5, 5.41) is 0. The van der Waals surface area contributed by atoms with Crippen molar-refractivity contribution in [2.45, 2.75) is 31.8 Å². The summed E-state index contributed by atoms with van der Waals surface area (Å²) in [6.45, 7) is 5.26. The van der Waals surface area contributed by atoms with Crippen molar-refractivity contribution >= 4 is 37.5 Å². The maximum absolute atomic E-state index is 12.9. The summed E-state index contributed by atoms with van der Waals surface area (Å²) in [7, 11) is -2.26. The van der Waals surface area contributed by atoms with Gasteiger partial charge in [0.2, 0.25) is 10.0 Å². The molecule has 4 aromatic rings. The largest absolute Gasteiger partial charge is 0.494 e. The average molecular weight is 500 g/mol. The molecule has 0 N–H and O–H groups in total. The van der Waals surface area contributed by atoms with Crippen molar-refractivity contribution in [2.24, 2.45) is 4.99 Å². The average Bonchev–Trinajstić information content (AvgIpc) is 3.46. The number of ether oxygens (including phenoxy) is 1. The molecule has 0 aliphatic rings. The summed E-state index contributed by atoms with van der Waals surface area (Å²) in [6.07, 6.45) is 1.50. The van der Waals surface area contributed by atoms with Gasteiger partial charge < -0.3 is 13.7 Å². The molecule has 0 aliphatic carbocycles. The normalized spacial score (nSPS) is 12.5. The number of carbonyl (C=O) groups excluding carboxylic acids is 1. The summed E-state index contributed by atoms with van der Waals surface area (Å²) >= 11 is 1.41. The predicted octanol–water partition coefficient (Wildman–Crippen LogP) is 4.28. The minimum atomic E-state index is -3.74. The van der Waals surface area contributed by atoms with Gasteiger partial charge in [-0.2, -0.15) is 9.30 Å². The number of hydrogen-bond acceptors (Lipinski definition) is 6. The third-order valence-electron chi connectivity index (χ3n) is 5.25. The fraction of sp³-hybridized carbons (Fsp3) is 0.250. The van der Waals surface area contributed by atoms with Crippen LogP contribution in [0.4, 0.5) is 0 Å². The molecule has 0 saturated carbocycles. The Bertz CT molecular complexity index is 1470. The molecule has 8 nitrogen and oxygen atoms in total. The number of rotatable bonds is 8. The number of sulfonamides is 1. The van der Waals surface area contributed by atoms with Crippen molar-refractivity contribution in [3.8, 4) is 5.75 Å². The highest BCUT2D eigenvalue weighted by Gasteiger charge is 2.22. The summed E-state index contributed by atoms with van der Waals surface area (Å²) < 4.78 is 40.6. The smallest absolute Gasteiger partial charge is 0.279 e. The quantitative estimate of drug-likeness (QED) is 0.361. The van der Waals surface area contributed by atoms with Crippen LogP contribution in [0.3, 0.4) is 0 Å². The van der Waals surface area contributed by atoms with Crippen LogP contribution in [0.2, 0.25) is 0 Å². The van der Waals surface area contributed by atoms with Gasteiger partial charge in [0.1, 0.15) is 11.5 Å². The highest BCUT2D eigenvalue weighted by molar-refractivity contribution is 7.89. The molecule has 0 fully saturated rings. The predicted molar refractivity (Wildman–Crippen MR) is 130 cm³/mol. The van der Waals surface area contributed by atoms with Crippen LogP contribution >= 0.6 is 11.3 Å². The molecule has 34 heavy (non-hydrogen) atoms. The molecule has 10 heteroatoms. The van der Waals surface area contributed by atoms with E-state index in [1.165, 1.54) is 53.2 Å². The Morgan fingerprint density at radius 1 is 1.15 bits per heavy atom. The van der Waals surface area contributed by atoms with E-state index < -0.39 is 15.9 Å². The maximum atomic E-state index is 12.9. The number of aryl methyl sites for hydroxylation is 1. The van der Waals surface area contributed by atoms with Crippen LogP contribution < -0.4 is 9.54 Å². The lowest BCUT2D eigenvalue weighted by molar-refractivity contribution is 0.0997. The zero-order valence-electron chi connectivity index (χ0n) is 19.1. The molecule has 0 saturated heterocycles. The maximum Gasteiger partial charge on any atom is 0.279 e. The summed E-state index contributed by atoms with van der Waals surface area (Å²) in [4.78, 5) is 17.8. The fourth-order valence-corrected chi connectivity index (χ4v) is 5.77. The molecule has 4 rings (SSSR count). The molecular formula is C24H25N3O5S2. The first-order chi connectivity index (χ1) is 16.3. The van der Waals surface area contributed by atoms with Gasteiger partial charge in [-0.1, -0.05) is 11.3 Å². The zero-order chi connectivity index (χ0) is 24.3. The van der Waals surface area contributed by atoms with Gasteiger partial charge in [0.05, 0.1) is 34.5 Å². The third-order valence-corrected chi connectivity index (χ3v) is 8.11. The van der Waals surface area contributed by atoms with Gasteiger partial charge in [-0.05, 0) is 68.4 Å². The number of carbonyl (C=O) groups is 1. The minimum absolute atomic E-state index is 0.0899. The highest BCUT2D eigenvalue weighted by Crippen LogP contribution is 2.24. The molecule has 2 heterocycles. The number of amides is 1. The molecule has 0 atom stereocenters. The Hall–Kier alpha value is -3.21. The van der Waals surface area contributed by atoms with E-state index in [1.807, 2.05) is 36.6 Å². The van der Waals surface area contributed by atoms with Crippen LogP contribution in [0.25, 0.3) is 10.2 Å². The van der Waals surface area contributed by atoms with Gasteiger partial charge in [-0.3, -0.25) is 4.79 Å². The number of aromatic nitrogens is 1. The van der Waals surface area contributed by atoms with Crippen LogP contribution in [0, 0.1) is 0 Å². The number of furan rings is 1. The first-order valence-electron chi connectivity index (χ1n) is 10.8. The summed E-state index contributed by atoms with van der Waals surface area (Å²) in [5.41, 5.74) is 1.28. The first kappa shape index (κ1) is 23.9. The lowest BCUT2D eigenvalue weighted by Crippen LogP contribution is -2.26. The van der Waals surface area contributed by atoms with Crippen molar-refractivity contribution in [1.82, 2.24) is 8.87 Å². The SMILES string of the molecule is CCOc1ccc2c(c1)sc(=NC(=O)c1ccc(S(=O)(=O)N(C)Cc3ccco3)cc1)n2CC. The topological polar surface area (TPSA) is 94.1 Å². The molecule has 178 valence electrons. The van der Waals surface area contributed by atoms with E-state index in [4.69, 9.17) is 9.15 Å². The van der Waals surface area contributed by atoms with Crippen LogP contribution in [-0.2, 0) is 23.1 Å². The highest BCUT2D eigenvalue weighted by atomic mass is 32.2. The molecular weight excluding hydrogens is 474 g/mol. The van der Waals surface area contributed by atoms with E-state index in [0.29, 0.717) is 29.3 Å². The third kappa shape index (κ3) is 4.84. The number of hydrogen-bond donors (Lipinski definition) is 0. The monoisotopic (exact) mass is 499 g/mol. The molecule has 2 aromatic carbocycles. The molecule has 0 unspecified atom stereocenters. The number of nitrogens with zero attached hydrogens (tertiary/aromatic N) is 3.